The van der Waals surface area contributed by atoms with E-state index in [1.165, 1.54) is 6.07 Å². The van der Waals surface area contributed by atoms with Gasteiger partial charge in [-0.25, -0.2) is 4.39 Å². The molecule has 6 nitrogen and oxygen atoms in total. The molecule has 3 rings (SSSR count). The van der Waals surface area contributed by atoms with Crippen molar-refractivity contribution in [2.75, 3.05) is 46.8 Å². The molecule has 2 aliphatic rings. The zero-order valence-corrected chi connectivity index (χ0v) is 14.7. The summed E-state index contributed by atoms with van der Waals surface area (Å²) < 4.78 is 19.2. The van der Waals surface area contributed by atoms with Crippen LogP contribution in [0.2, 0.25) is 0 Å². The first-order valence-corrected chi connectivity index (χ1v) is 8.56. The van der Waals surface area contributed by atoms with Crippen LogP contribution in [0, 0.1) is 11.7 Å². The number of nitrogens with zero attached hydrogens (tertiary/aromatic N) is 3. The van der Waals surface area contributed by atoms with Crippen LogP contribution in [0.1, 0.15) is 6.42 Å². The van der Waals surface area contributed by atoms with Crippen LogP contribution in [0.3, 0.4) is 0 Å². The van der Waals surface area contributed by atoms with E-state index >= 15 is 0 Å². The number of hydrogen-bond acceptors (Lipinski definition) is 4. The third-order valence-corrected chi connectivity index (χ3v) is 4.67. The van der Waals surface area contributed by atoms with E-state index in [9.17, 15) is 14.0 Å². The average Bonchev–Trinajstić information content (AvgIpc) is 2.90. The Labute approximate surface area is 147 Å². The van der Waals surface area contributed by atoms with E-state index in [0.29, 0.717) is 26.2 Å². The number of carbonyl (C=O) groups is 2. The standard InChI is InChI=1S/C18H24FN3O3/c1-20(2)7-8-21-10-13(9-17(21)23)18(24)22-11-14(12-22)25-16-6-4-3-5-15(16)19/h3-6,13-14H,7-12H2,1-2H3/t13-/m1/s1. The molecule has 1 aromatic carbocycles. The molecule has 0 aromatic heterocycles. The fourth-order valence-corrected chi connectivity index (χ4v) is 3.15. The number of halogens is 1. The third kappa shape index (κ3) is 4.10. The highest BCUT2D eigenvalue weighted by atomic mass is 19.1. The molecule has 0 aliphatic carbocycles. The van der Waals surface area contributed by atoms with Crippen LogP contribution in [0.5, 0.6) is 5.75 Å². The van der Waals surface area contributed by atoms with Crippen LogP contribution >= 0.6 is 0 Å². The molecular formula is C18H24FN3O3. The van der Waals surface area contributed by atoms with E-state index < -0.39 is 5.82 Å². The number of carbonyl (C=O) groups excluding carboxylic acids is 2. The number of ether oxygens (including phenoxy) is 1. The lowest BCUT2D eigenvalue weighted by atomic mass is 10.0. The highest BCUT2D eigenvalue weighted by Gasteiger charge is 2.41. The van der Waals surface area contributed by atoms with E-state index in [0.717, 1.165) is 6.54 Å². The summed E-state index contributed by atoms with van der Waals surface area (Å²) in [6.45, 7) is 2.80. The average molecular weight is 349 g/mol. The van der Waals surface area contributed by atoms with Gasteiger partial charge >= 0.3 is 0 Å². The molecule has 2 amide bonds. The fourth-order valence-electron chi connectivity index (χ4n) is 3.15. The van der Waals surface area contributed by atoms with Gasteiger partial charge < -0.3 is 19.4 Å². The van der Waals surface area contributed by atoms with E-state index in [1.807, 2.05) is 19.0 Å². The molecule has 0 N–H and O–H groups in total. The van der Waals surface area contributed by atoms with Gasteiger partial charge in [-0.05, 0) is 26.2 Å². The van der Waals surface area contributed by atoms with Crippen LogP contribution in [-0.2, 0) is 9.59 Å². The van der Waals surface area contributed by atoms with Crippen LogP contribution in [0.15, 0.2) is 24.3 Å². The molecule has 25 heavy (non-hydrogen) atoms. The van der Waals surface area contributed by atoms with Crippen molar-refractivity contribution in [3.63, 3.8) is 0 Å². The second-order valence-corrected chi connectivity index (χ2v) is 6.96. The Bertz CT molecular complexity index is 646. The van der Waals surface area contributed by atoms with Crippen molar-refractivity contribution in [1.82, 2.24) is 14.7 Å². The monoisotopic (exact) mass is 349 g/mol. The van der Waals surface area contributed by atoms with Gasteiger partial charge in [0.1, 0.15) is 6.10 Å². The molecular weight excluding hydrogens is 325 g/mol. The quantitative estimate of drug-likeness (QED) is 0.763. The number of likely N-dealkylation sites (tertiary alicyclic amines) is 2. The number of rotatable bonds is 6. The van der Waals surface area contributed by atoms with Gasteiger partial charge in [-0.3, -0.25) is 9.59 Å². The molecule has 0 unspecified atom stereocenters. The maximum absolute atomic E-state index is 13.6. The summed E-state index contributed by atoms with van der Waals surface area (Å²) in [5.41, 5.74) is 0. The Kier molecular flexibility index (Phi) is 5.22. The largest absolute Gasteiger partial charge is 0.484 e. The summed E-state index contributed by atoms with van der Waals surface area (Å²) in [5.74, 6) is -0.422. The van der Waals surface area contributed by atoms with Gasteiger partial charge in [0.25, 0.3) is 0 Å². The smallest absolute Gasteiger partial charge is 0.228 e. The molecule has 1 atom stereocenters. The van der Waals surface area contributed by atoms with Crippen molar-refractivity contribution in [2.45, 2.75) is 12.5 Å². The van der Waals surface area contributed by atoms with Crippen LogP contribution < -0.4 is 4.74 Å². The Morgan fingerprint density at radius 2 is 2.00 bits per heavy atom. The lowest BCUT2D eigenvalue weighted by Gasteiger charge is -2.40. The predicted octanol–water partition coefficient (Wildman–Crippen LogP) is 0.825. The minimum atomic E-state index is -0.398. The molecule has 0 radical (unpaired) electrons. The first-order valence-electron chi connectivity index (χ1n) is 8.56. The highest BCUT2D eigenvalue weighted by Crippen LogP contribution is 2.25. The number of para-hydroxylation sites is 1. The van der Waals surface area contributed by atoms with E-state index in [-0.39, 0.29) is 36.0 Å². The van der Waals surface area contributed by atoms with Crippen LogP contribution in [0.25, 0.3) is 0 Å². The fraction of sp³-hybridized carbons (Fsp3) is 0.556. The topological polar surface area (TPSA) is 53.1 Å². The van der Waals surface area contributed by atoms with Crippen molar-refractivity contribution in [3.05, 3.63) is 30.1 Å². The first-order chi connectivity index (χ1) is 11.9. The lowest BCUT2D eigenvalue weighted by Crippen LogP contribution is -2.57. The van der Waals surface area contributed by atoms with Crippen LogP contribution in [0.4, 0.5) is 4.39 Å². The van der Waals surface area contributed by atoms with Crippen molar-refractivity contribution >= 4 is 11.8 Å². The molecule has 7 heteroatoms. The molecule has 2 heterocycles. The second kappa shape index (κ2) is 7.39. The minimum absolute atomic E-state index is 0.00548. The highest BCUT2D eigenvalue weighted by molar-refractivity contribution is 5.89. The Balaban J connectivity index is 1.46. The van der Waals surface area contributed by atoms with Gasteiger partial charge in [-0.1, -0.05) is 12.1 Å². The third-order valence-electron chi connectivity index (χ3n) is 4.67. The molecule has 2 saturated heterocycles. The van der Waals surface area contributed by atoms with Crippen molar-refractivity contribution < 1.29 is 18.7 Å². The minimum Gasteiger partial charge on any atom is -0.484 e. The summed E-state index contributed by atoms with van der Waals surface area (Å²) in [6, 6.07) is 6.26. The van der Waals surface area contributed by atoms with Gasteiger partial charge in [0.2, 0.25) is 11.8 Å². The summed E-state index contributed by atoms with van der Waals surface area (Å²) >= 11 is 0. The number of likely N-dealkylation sites (N-methyl/N-ethyl adjacent to an activating group) is 1. The van der Waals surface area contributed by atoms with E-state index in [4.69, 9.17) is 4.74 Å². The van der Waals surface area contributed by atoms with Crippen molar-refractivity contribution in [2.24, 2.45) is 5.92 Å². The zero-order chi connectivity index (χ0) is 18.0. The summed E-state index contributed by atoms with van der Waals surface area (Å²) in [7, 11) is 3.91. The van der Waals surface area contributed by atoms with E-state index in [1.54, 1.807) is 28.0 Å². The molecule has 1 aromatic rings. The van der Waals surface area contributed by atoms with Crippen LogP contribution in [-0.4, -0.2) is 79.4 Å². The molecule has 2 fully saturated rings. The molecule has 0 spiro atoms. The normalized spacial score (nSPS) is 21.0. The van der Waals surface area contributed by atoms with Crippen molar-refractivity contribution in [3.8, 4) is 5.75 Å². The number of hydrogen-bond donors (Lipinski definition) is 0. The maximum Gasteiger partial charge on any atom is 0.228 e. The molecule has 0 saturated carbocycles. The summed E-state index contributed by atoms with van der Waals surface area (Å²) in [5, 5.41) is 0. The molecule has 2 aliphatic heterocycles. The Hall–Kier alpha value is -2.15. The maximum atomic E-state index is 13.6. The van der Waals surface area contributed by atoms with E-state index in [2.05, 4.69) is 0 Å². The lowest BCUT2D eigenvalue weighted by molar-refractivity contribution is -0.144. The molecule has 0 bridgehead atoms. The SMILES string of the molecule is CN(C)CCN1C[C@H](C(=O)N2CC(Oc3ccccc3F)C2)CC1=O. The van der Waals surface area contributed by atoms with Crippen molar-refractivity contribution in [1.29, 1.82) is 0 Å². The predicted molar refractivity (Wildman–Crippen MR) is 90.6 cm³/mol. The first kappa shape index (κ1) is 17.7. The Morgan fingerprint density at radius 1 is 1.28 bits per heavy atom. The van der Waals surface area contributed by atoms with Gasteiger partial charge in [-0.2, -0.15) is 0 Å². The van der Waals surface area contributed by atoms with Gasteiger partial charge in [0.15, 0.2) is 11.6 Å². The summed E-state index contributed by atoms with van der Waals surface area (Å²) in [4.78, 5) is 30.0. The van der Waals surface area contributed by atoms with Gasteiger partial charge in [0.05, 0.1) is 19.0 Å². The van der Waals surface area contributed by atoms with Gasteiger partial charge in [0, 0.05) is 26.1 Å². The second-order valence-electron chi connectivity index (χ2n) is 6.96. The molecule has 136 valence electrons. The number of amides is 2. The van der Waals surface area contributed by atoms with Gasteiger partial charge in [-0.15, -0.1) is 0 Å². The summed E-state index contributed by atoms with van der Waals surface area (Å²) in [6.07, 6.45) is 0.0875. The Morgan fingerprint density at radius 3 is 2.68 bits per heavy atom. The number of benzene rings is 1. The zero-order valence-electron chi connectivity index (χ0n) is 14.7.